The van der Waals surface area contributed by atoms with E-state index >= 15 is 0 Å². The summed E-state index contributed by atoms with van der Waals surface area (Å²) in [6.07, 6.45) is 7.66. The third kappa shape index (κ3) is 3.21. The Morgan fingerprint density at radius 2 is 1.92 bits per heavy atom. The van der Waals surface area contributed by atoms with Crippen LogP contribution in [0.1, 0.15) is 53.4 Å². The fraction of sp³-hybridized carbons (Fsp3) is 0.714. The zero-order valence-corrected chi connectivity index (χ0v) is 16.0. The highest BCUT2D eigenvalue weighted by Gasteiger charge is 2.54. The monoisotopic (exact) mass is 345 g/mol. The lowest BCUT2D eigenvalue weighted by Crippen LogP contribution is -2.42. The van der Waals surface area contributed by atoms with Crippen LogP contribution in [0.4, 0.5) is 0 Å². The summed E-state index contributed by atoms with van der Waals surface area (Å²) in [5, 5.41) is 0. The predicted octanol–water partition coefficient (Wildman–Crippen LogP) is 3.52. The lowest BCUT2D eigenvalue weighted by atomic mass is 9.61. The third-order valence-corrected chi connectivity index (χ3v) is 6.26. The van der Waals surface area contributed by atoms with Crippen LogP contribution in [0.3, 0.4) is 0 Å². The molecule has 1 heterocycles. The van der Waals surface area contributed by atoms with Gasteiger partial charge in [-0.2, -0.15) is 0 Å². The summed E-state index contributed by atoms with van der Waals surface area (Å²) >= 11 is 0. The van der Waals surface area contributed by atoms with Crippen molar-refractivity contribution in [1.29, 1.82) is 0 Å². The SMILES string of the molecule is CCCN(CCC)CC1C(=O)O[C@@H]2C3=C(C)C(=O)C=C[C@]3(C)CC[C@@H]12. The zero-order valence-electron chi connectivity index (χ0n) is 16.0. The number of rotatable bonds is 6. The van der Waals surface area contributed by atoms with Gasteiger partial charge in [-0.15, -0.1) is 0 Å². The van der Waals surface area contributed by atoms with Gasteiger partial charge in [0.05, 0.1) is 5.92 Å². The van der Waals surface area contributed by atoms with Crippen LogP contribution in [0, 0.1) is 17.3 Å². The molecular formula is C21H31NO3. The van der Waals surface area contributed by atoms with E-state index in [4.69, 9.17) is 4.74 Å². The summed E-state index contributed by atoms with van der Waals surface area (Å²) in [6.45, 7) is 11.3. The van der Waals surface area contributed by atoms with Gasteiger partial charge >= 0.3 is 5.97 Å². The predicted molar refractivity (Wildman–Crippen MR) is 98.1 cm³/mol. The van der Waals surface area contributed by atoms with Crippen molar-refractivity contribution in [2.75, 3.05) is 19.6 Å². The molecule has 4 heteroatoms. The molecule has 0 bridgehead atoms. The maximum Gasteiger partial charge on any atom is 0.311 e. The van der Waals surface area contributed by atoms with Gasteiger partial charge in [-0.05, 0) is 57.3 Å². The zero-order chi connectivity index (χ0) is 18.2. The van der Waals surface area contributed by atoms with Crippen molar-refractivity contribution < 1.29 is 14.3 Å². The van der Waals surface area contributed by atoms with Crippen LogP contribution in [0.15, 0.2) is 23.3 Å². The second-order valence-corrected chi connectivity index (χ2v) is 8.12. The van der Waals surface area contributed by atoms with Crippen LogP contribution in [0.25, 0.3) is 0 Å². The number of hydrogen-bond donors (Lipinski definition) is 0. The highest BCUT2D eigenvalue weighted by molar-refractivity contribution is 6.05. The van der Waals surface area contributed by atoms with Crippen LogP contribution in [0.2, 0.25) is 0 Å². The van der Waals surface area contributed by atoms with Gasteiger partial charge < -0.3 is 9.64 Å². The molecule has 0 aromatic rings. The van der Waals surface area contributed by atoms with E-state index in [0.29, 0.717) is 0 Å². The summed E-state index contributed by atoms with van der Waals surface area (Å²) in [5.41, 5.74) is 1.71. The average molecular weight is 345 g/mol. The Bertz CT molecular complexity index is 615. The van der Waals surface area contributed by atoms with Crippen LogP contribution >= 0.6 is 0 Å². The second kappa shape index (κ2) is 7.06. The van der Waals surface area contributed by atoms with Crippen molar-refractivity contribution in [3.05, 3.63) is 23.3 Å². The van der Waals surface area contributed by atoms with E-state index in [2.05, 4.69) is 25.7 Å². The average Bonchev–Trinajstić information content (AvgIpc) is 2.87. The Morgan fingerprint density at radius 3 is 2.56 bits per heavy atom. The van der Waals surface area contributed by atoms with Crippen molar-refractivity contribution in [1.82, 2.24) is 4.90 Å². The Balaban J connectivity index is 1.85. The van der Waals surface area contributed by atoms with E-state index in [-0.39, 0.29) is 35.1 Å². The summed E-state index contributed by atoms with van der Waals surface area (Å²) < 4.78 is 5.88. The van der Waals surface area contributed by atoms with Crippen molar-refractivity contribution in [2.24, 2.45) is 17.3 Å². The molecule has 25 heavy (non-hydrogen) atoms. The molecule has 0 amide bonds. The quantitative estimate of drug-likeness (QED) is 0.691. The summed E-state index contributed by atoms with van der Waals surface area (Å²) in [7, 11) is 0. The fourth-order valence-electron chi connectivity index (χ4n) is 4.98. The van der Waals surface area contributed by atoms with Crippen LogP contribution in [-0.2, 0) is 14.3 Å². The van der Waals surface area contributed by atoms with Crippen molar-refractivity contribution in [2.45, 2.75) is 59.5 Å². The summed E-state index contributed by atoms with van der Waals surface area (Å²) in [5.74, 6) is 0.139. The Labute approximate surface area is 151 Å². The first-order chi connectivity index (χ1) is 11.9. The van der Waals surface area contributed by atoms with Gasteiger partial charge in [0.15, 0.2) is 5.78 Å². The van der Waals surface area contributed by atoms with E-state index in [1.54, 1.807) is 6.08 Å². The molecule has 1 aliphatic heterocycles. The van der Waals surface area contributed by atoms with Gasteiger partial charge in [-0.25, -0.2) is 0 Å². The van der Waals surface area contributed by atoms with Gasteiger partial charge in [0.1, 0.15) is 6.10 Å². The number of fused-ring (bicyclic) bond motifs is 3. The topological polar surface area (TPSA) is 46.6 Å². The van der Waals surface area contributed by atoms with Crippen molar-refractivity contribution >= 4 is 11.8 Å². The molecule has 1 unspecified atom stereocenters. The molecule has 138 valence electrons. The number of nitrogens with zero attached hydrogens (tertiary/aromatic N) is 1. The lowest BCUT2D eigenvalue weighted by molar-refractivity contribution is -0.144. The molecule has 0 aromatic carbocycles. The van der Waals surface area contributed by atoms with Gasteiger partial charge in [0, 0.05) is 23.5 Å². The van der Waals surface area contributed by atoms with E-state index < -0.39 is 0 Å². The standard InChI is InChI=1S/C21H31NO3/c1-5-11-22(12-6-2)13-16-15-7-9-21(4)10-8-17(23)14(3)18(21)19(15)25-20(16)24/h8,10,15-16,19H,5-7,9,11-13H2,1-4H3/t15-,16?,19-,21-/m0/s1. The Kier molecular flexibility index (Phi) is 5.19. The molecule has 0 spiro atoms. The Morgan fingerprint density at radius 1 is 1.24 bits per heavy atom. The molecule has 2 aliphatic carbocycles. The number of allylic oxidation sites excluding steroid dienone is 3. The Hall–Kier alpha value is -1.42. The molecule has 2 fully saturated rings. The second-order valence-electron chi connectivity index (χ2n) is 8.12. The minimum Gasteiger partial charge on any atom is -0.457 e. The third-order valence-electron chi connectivity index (χ3n) is 6.26. The van der Waals surface area contributed by atoms with Gasteiger partial charge in [0.2, 0.25) is 0 Å². The number of hydrogen-bond acceptors (Lipinski definition) is 4. The van der Waals surface area contributed by atoms with Crippen LogP contribution < -0.4 is 0 Å². The summed E-state index contributed by atoms with van der Waals surface area (Å²) in [6, 6.07) is 0. The fourth-order valence-corrected chi connectivity index (χ4v) is 4.98. The highest BCUT2D eigenvalue weighted by atomic mass is 16.6. The van der Waals surface area contributed by atoms with Crippen LogP contribution in [0.5, 0.6) is 0 Å². The molecule has 0 N–H and O–H groups in total. The molecule has 3 rings (SSSR count). The van der Waals surface area contributed by atoms with Gasteiger partial charge in [-0.3, -0.25) is 9.59 Å². The van der Waals surface area contributed by atoms with Crippen molar-refractivity contribution in [3.8, 4) is 0 Å². The maximum atomic E-state index is 12.7. The molecule has 1 saturated carbocycles. The molecule has 4 nitrogen and oxygen atoms in total. The maximum absolute atomic E-state index is 12.7. The highest BCUT2D eigenvalue weighted by Crippen LogP contribution is 2.53. The van der Waals surface area contributed by atoms with Crippen molar-refractivity contribution in [3.63, 3.8) is 0 Å². The van der Waals surface area contributed by atoms with E-state index in [1.165, 1.54) is 0 Å². The van der Waals surface area contributed by atoms with Gasteiger partial charge in [0.25, 0.3) is 0 Å². The lowest BCUT2D eigenvalue weighted by Gasteiger charge is -2.43. The smallest absolute Gasteiger partial charge is 0.311 e. The number of carbonyl (C=O) groups excluding carboxylic acids is 2. The van der Waals surface area contributed by atoms with Gasteiger partial charge in [-0.1, -0.05) is 26.8 Å². The van der Waals surface area contributed by atoms with Crippen LogP contribution in [-0.4, -0.2) is 42.4 Å². The first-order valence-corrected chi connectivity index (χ1v) is 9.79. The number of ketones is 1. The minimum atomic E-state index is -0.213. The first-order valence-electron chi connectivity index (χ1n) is 9.79. The molecule has 0 aromatic heterocycles. The molecule has 1 saturated heterocycles. The first kappa shape index (κ1) is 18.4. The molecule has 3 aliphatic rings. The normalized spacial score (nSPS) is 34.4. The molecular weight excluding hydrogens is 314 g/mol. The number of ether oxygens (including phenoxy) is 1. The van der Waals surface area contributed by atoms with E-state index in [9.17, 15) is 9.59 Å². The number of esters is 1. The van der Waals surface area contributed by atoms with E-state index in [1.807, 2.05) is 13.0 Å². The summed E-state index contributed by atoms with van der Waals surface area (Å²) in [4.78, 5) is 27.3. The largest absolute Gasteiger partial charge is 0.457 e. The minimum absolute atomic E-state index is 0.0611. The number of carbonyl (C=O) groups is 2. The molecule has 4 atom stereocenters. The van der Waals surface area contributed by atoms with E-state index in [0.717, 1.165) is 56.5 Å². The molecule has 0 radical (unpaired) electrons.